The maximum Gasteiger partial charge on any atom is 0.224 e. The molecule has 0 aliphatic carbocycles. The van der Waals surface area contributed by atoms with Gasteiger partial charge >= 0.3 is 0 Å². The molecule has 0 aliphatic heterocycles. The van der Waals surface area contributed by atoms with Gasteiger partial charge in [-0.05, 0) is 38.2 Å². The lowest BCUT2D eigenvalue weighted by Crippen LogP contribution is -2.15. The van der Waals surface area contributed by atoms with Gasteiger partial charge in [0.25, 0.3) is 0 Å². The van der Waals surface area contributed by atoms with Gasteiger partial charge in [-0.25, -0.2) is 0 Å². The topological polar surface area (TPSA) is 41.1 Å². The first-order valence-corrected chi connectivity index (χ1v) is 5.78. The summed E-state index contributed by atoms with van der Waals surface area (Å²) in [4.78, 5) is 11.5. The zero-order valence-electron chi connectivity index (χ0n) is 9.02. The second-order valence-electron chi connectivity index (χ2n) is 3.38. The summed E-state index contributed by atoms with van der Waals surface area (Å²) in [5.74, 6) is -0.0422. The first-order chi connectivity index (χ1) is 7.63. The second kappa shape index (κ2) is 6.74. The standard InChI is InChI=1S/C11H14Cl2N2O/c1-14-6-2-3-11(16)15-10-5-4-8(12)7-9(10)13/h4-5,7,14H,2-3,6H2,1H3,(H,15,16). The lowest BCUT2D eigenvalue weighted by atomic mass is 10.2. The molecule has 0 saturated heterocycles. The van der Waals surface area contributed by atoms with Gasteiger partial charge in [-0.1, -0.05) is 23.2 Å². The highest BCUT2D eigenvalue weighted by Crippen LogP contribution is 2.25. The summed E-state index contributed by atoms with van der Waals surface area (Å²) in [6.07, 6.45) is 1.27. The fourth-order valence-corrected chi connectivity index (χ4v) is 1.69. The van der Waals surface area contributed by atoms with Gasteiger partial charge in [-0.15, -0.1) is 0 Å². The van der Waals surface area contributed by atoms with Crippen molar-refractivity contribution in [1.82, 2.24) is 5.32 Å². The van der Waals surface area contributed by atoms with Gasteiger partial charge in [0, 0.05) is 11.4 Å². The molecule has 5 heteroatoms. The summed E-state index contributed by atoms with van der Waals surface area (Å²) in [5, 5.41) is 6.73. The second-order valence-corrected chi connectivity index (χ2v) is 4.22. The number of hydrogen-bond acceptors (Lipinski definition) is 2. The zero-order chi connectivity index (χ0) is 12.0. The molecule has 0 saturated carbocycles. The van der Waals surface area contributed by atoms with Crippen molar-refractivity contribution in [1.29, 1.82) is 0 Å². The van der Waals surface area contributed by atoms with E-state index in [2.05, 4.69) is 10.6 Å². The van der Waals surface area contributed by atoms with Crippen molar-refractivity contribution in [2.45, 2.75) is 12.8 Å². The number of rotatable bonds is 5. The normalized spacial score (nSPS) is 10.2. The van der Waals surface area contributed by atoms with Gasteiger partial charge in [0.2, 0.25) is 5.91 Å². The molecule has 16 heavy (non-hydrogen) atoms. The number of hydrogen-bond donors (Lipinski definition) is 2. The van der Waals surface area contributed by atoms with Crippen LogP contribution in [0.5, 0.6) is 0 Å². The molecule has 88 valence electrons. The van der Waals surface area contributed by atoms with Crippen molar-refractivity contribution in [3.05, 3.63) is 28.2 Å². The van der Waals surface area contributed by atoms with Gasteiger partial charge < -0.3 is 10.6 Å². The van der Waals surface area contributed by atoms with Crippen molar-refractivity contribution in [3.8, 4) is 0 Å². The van der Waals surface area contributed by atoms with Crippen LogP contribution in [0.15, 0.2) is 18.2 Å². The molecule has 0 aliphatic rings. The van der Waals surface area contributed by atoms with Crippen LogP contribution in [-0.2, 0) is 4.79 Å². The average Bonchev–Trinajstić information content (AvgIpc) is 2.23. The third-order valence-corrected chi connectivity index (χ3v) is 2.58. The summed E-state index contributed by atoms with van der Waals surface area (Å²) < 4.78 is 0. The van der Waals surface area contributed by atoms with Crippen molar-refractivity contribution >= 4 is 34.8 Å². The highest BCUT2D eigenvalue weighted by atomic mass is 35.5. The number of halogens is 2. The van der Waals surface area contributed by atoms with Crippen LogP contribution in [0.4, 0.5) is 5.69 Å². The number of anilines is 1. The predicted octanol–water partition coefficient (Wildman–Crippen LogP) is 2.93. The Kier molecular flexibility index (Phi) is 5.60. The number of benzene rings is 1. The van der Waals surface area contributed by atoms with Gasteiger partial charge in [-0.2, -0.15) is 0 Å². The minimum absolute atomic E-state index is 0.0422. The van der Waals surface area contributed by atoms with Crippen molar-refractivity contribution < 1.29 is 4.79 Å². The summed E-state index contributed by atoms with van der Waals surface area (Å²) in [5.41, 5.74) is 0.598. The number of nitrogens with one attached hydrogen (secondary N) is 2. The van der Waals surface area contributed by atoms with Crippen molar-refractivity contribution in [2.24, 2.45) is 0 Å². The minimum atomic E-state index is -0.0422. The van der Waals surface area contributed by atoms with Crippen LogP contribution >= 0.6 is 23.2 Å². The van der Waals surface area contributed by atoms with Crippen molar-refractivity contribution in [2.75, 3.05) is 18.9 Å². The predicted molar refractivity (Wildman–Crippen MR) is 68.3 cm³/mol. The van der Waals surface area contributed by atoms with Gasteiger partial charge in [0.15, 0.2) is 0 Å². The molecule has 0 aromatic heterocycles. The molecule has 0 heterocycles. The quantitative estimate of drug-likeness (QED) is 0.800. The lowest BCUT2D eigenvalue weighted by Gasteiger charge is -2.07. The van der Waals surface area contributed by atoms with Crippen molar-refractivity contribution in [3.63, 3.8) is 0 Å². The fraction of sp³-hybridized carbons (Fsp3) is 0.364. The molecule has 1 amide bonds. The zero-order valence-corrected chi connectivity index (χ0v) is 10.5. The van der Waals surface area contributed by atoms with Gasteiger partial charge in [0.1, 0.15) is 0 Å². The first-order valence-electron chi connectivity index (χ1n) is 5.03. The number of carbonyl (C=O) groups excluding carboxylic acids is 1. The Hall–Kier alpha value is -0.770. The van der Waals surface area contributed by atoms with Crippen LogP contribution in [0.2, 0.25) is 10.0 Å². The Morgan fingerprint density at radius 3 is 2.75 bits per heavy atom. The van der Waals surface area contributed by atoms with E-state index in [1.54, 1.807) is 18.2 Å². The molecule has 3 nitrogen and oxygen atoms in total. The molecule has 0 bridgehead atoms. The van der Waals surface area contributed by atoms with Crippen LogP contribution < -0.4 is 10.6 Å². The van der Waals surface area contributed by atoms with E-state index in [9.17, 15) is 4.79 Å². The van der Waals surface area contributed by atoms with E-state index < -0.39 is 0 Å². The minimum Gasteiger partial charge on any atom is -0.325 e. The average molecular weight is 261 g/mol. The van der Waals surface area contributed by atoms with Gasteiger partial charge in [-0.3, -0.25) is 4.79 Å². The molecule has 1 aromatic rings. The maximum atomic E-state index is 11.5. The Morgan fingerprint density at radius 2 is 2.12 bits per heavy atom. The first kappa shape index (κ1) is 13.3. The van der Waals surface area contributed by atoms with E-state index in [-0.39, 0.29) is 5.91 Å². The monoisotopic (exact) mass is 260 g/mol. The summed E-state index contributed by atoms with van der Waals surface area (Å²) in [6.45, 7) is 0.821. The van der Waals surface area contributed by atoms with Crippen LogP contribution in [0.1, 0.15) is 12.8 Å². The largest absolute Gasteiger partial charge is 0.325 e. The Morgan fingerprint density at radius 1 is 1.38 bits per heavy atom. The van der Waals surface area contributed by atoms with E-state index in [0.717, 1.165) is 13.0 Å². The highest BCUT2D eigenvalue weighted by Gasteiger charge is 2.05. The Labute approximate surface area is 105 Å². The Balaban J connectivity index is 2.49. The molecular weight excluding hydrogens is 247 g/mol. The molecule has 0 spiro atoms. The molecule has 0 unspecified atom stereocenters. The van der Waals surface area contributed by atoms with E-state index in [4.69, 9.17) is 23.2 Å². The smallest absolute Gasteiger partial charge is 0.224 e. The number of amides is 1. The third-order valence-electron chi connectivity index (χ3n) is 2.04. The summed E-state index contributed by atoms with van der Waals surface area (Å²) in [6, 6.07) is 4.99. The molecule has 1 aromatic carbocycles. The molecule has 0 radical (unpaired) electrons. The van der Waals surface area contributed by atoms with Crippen LogP contribution in [0, 0.1) is 0 Å². The molecule has 2 N–H and O–H groups in total. The van der Waals surface area contributed by atoms with Crippen LogP contribution in [0.3, 0.4) is 0 Å². The SMILES string of the molecule is CNCCCC(=O)Nc1ccc(Cl)cc1Cl. The van der Waals surface area contributed by atoms with E-state index in [0.29, 0.717) is 22.2 Å². The third kappa shape index (κ3) is 4.39. The molecule has 0 atom stereocenters. The molecular formula is C11H14Cl2N2O. The fourth-order valence-electron chi connectivity index (χ4n) is 1.23. The summed E-state index contributed by atoms with van der Waals surface area (Å²) >= 11 is 11.7. The van der Waals surface area contributed by atoms with E-state index in [1.807, 2.05) is 7.05 Å². The van der Waals surface area contributed by atoms with Crippen LogP contribution in [0.25, 0.3) is 0 Å². The van der Waals surface area contributed by atoms with Crippen LogP contribution in [-0.4, -0.2) is 19.5 Å². The van der Waals surface area contributed by atoms with Gasteiger partial charge in [0.05, 0.1) is 10.7 Å². The molecule has 0 fully saturated rings. The van der Waals surface area contributed by atoms with E-state index in [1.165, 1.54) is 0 Å². The molecule has 1 rings (SSSR count). The summed E-state index contributed by atoms with van der Waals surface area (Å²) in [7, 11) is 1.86. The highest BCUT2D eigenvalue weighted by molar-refractivity contribution is 6.36. The number of carbonyl (C=O) groups is 1. The lowest BCUT2D eigenvalue weighted by molar-refractivity contribution is -0.116. The Bertz CT molecular complexity index is 369. The van der Waals surface area contributed by atoms with E-state index >= 15 is 0 Å². The maximum absolute atomic E-state index is 11.5.